The average molecular weight is 317 g/mol. The van der Waals surface area contributed by atoms with E-state index in [1.165, 1.54) is 15.8 Å². The molecule has 0 spiro atoms. The highest BCUT2D eigenvalue weighted by molar-refractivity contribution is 7.71. The number of fused-ring (bicyclic) bond motifs is 2. The van der Waals surface area contributed by atoms with Gasteiger partial charge in [0.15, 0.2) is 15.8 Å². The van der Waals surface area contributed by atoms with E-state index < -0.39 is 5.56 Å². The van der Waals surface area contributed by atoms with E-state index in [1.54, 1.807) is 0 Å². The summed E-state index contributed by atoms with van der Waals surface area (Å²) in [4.78, 5) is 30.3. The van der Waals surface area contributed by atoms with Crippen LogP contribution < -0.4 is 17.0 Å². The maximum absolute atomic E-state index is 11.8. The van der Waals surface area contributed by atoms with Gasteiger partial charge in [0, 0.05) is 0 Å². The first-order valence-corrected chi connectivity index (χ1v) is 6.30. The Labute approximate surface area is 124 Å². The molecular weight excluding hydrogens is 310 g/mol. The molecule has 0 fully saturated rings. The number of aromatic nitrogens is 9. The number of nitrogens with one attached hydrogen (secondary N) is 2. The predicted octanol–water partition coefficient (Wildman–Crippen LogP) is -1.21. The summed E-state index contributed by atoms with van der Waals surface area (Å²) in [5, 5.41) is 7.67. The van der Waals surface area contributed by atoms with Crippen LogP contribution in [-0.2, 0) is 0 Å². The van der Waals surface area contributed by atoms with Crippen LogP contribution in [0.4, 0.5) is 11.9 Å². The standard InChI is InChI=1S/C9H7N11OS/c10-8-14-5-2(6(21)15-8)17-18-20(5)19-1-12-3-4(19)13-9(11)16-7(3)22/h1H,(H3,10,14,15,21)(H3,11,13,16,22). The molecule has 0 amide bonds. The molecule has 0 atom stereocenters. The summed E-state index contributed by atoms with van der Waals surface area (Å²) < 4.78 is 1.68. The molecule has 12 nitrogen and oxygen atoms in total. The summed E-state index contributed by atoms with van der Waals surface area (Å²) in [6.07, 6.45) is 1.42. The number of H-pyrrole nitrogens is 2. The number of imidazole rings is 1. The van der Waals surface area contributed by atoms with Crippen molar-refractivity contribution in [3.63, 3.8) is 0 Å². The minimum Gasteiger partial charge on any atom is -0.369 e. The number of hydrogen-bond donors (Lipinski definition) is 4. The zero-order chi connectivity index (χ0) is 15.4. The fourth-order valence-corrected chi connectivity index (χ4v) is 2.29. The number of aromatic amines is 2. The average Bonchev–Trinajstić information content (AvgIpc) is 3.02. The number of nitrogens with zero attached hydrogens (tertiary/aromatic N) is 7. The third-order valence-corrected chi connectivity index (χ3v) is 3.22. The van der Waals surface area contributed by atoms with Crippen LogP contribution in [-0.4, -0.2) is 44.7 Å². The molecule has 0 aliphatic heterocycles. The molecule has 4 rings (SSSR count). The van der Waals surface area contributed by atoms with Crippen LogP contribution in [0, 0.1) is 4.64 Å². The molecular formula is C9H7N11OS. The third-order valence-electron chi connectivity index (χ3n) is 2.94. The van der Waals surface area contributed by atoms with Crippen molar-refractivity contribution in [2.24, 2.45) is 0 Å². The summed E-state index contributed by atoms with van der Waals surface area (Å²) in [5.74, 6) is 0.0635. The van der Waals surface area contributed by atoms with Crippen molar-refractivity contribution in [2.75, 3.05) is 11.5 Å². The van der Waals surface area contributed by atoms with Crippen LogP contribution in [0.2, 0.25) is 0 Å². The first kappa shape index (κ1) is 12.4. The Morgan fingerprint density at radius 2 is 1.91 bits per heavy atom. The number of rotatable bonds is 1. The fourth-order valence-electron chi connectivity index (χ4n) is 2.04. The van der Waals surface area contributed by atoms with Gasteiger partial charge >= 0.3 is 0 Å². The lowest BCUT2D eigenvalue weighted by Gasteiger charge is -2.04. The second kappa shape index (κ2) is 4.08. The fraction of sp³-hybridized carbons (Fsp3) is 0. The Balaban J connectivity index is 2.12. The minimum atomic E-state index is -0.493. The second-order valence-electron chi connectivity index (χ2n) is 4.32. The molecule has 6 N–H and O–H groups in total. The van der Waals surface area contributed by atoms with Crippen molar-refractivity contribution in [3.05, 3.63) is 21.3 Å². The van der Waals surface area contributed by atoms with Gasteiger partial charge < -0.3 is 16.5 Å². The van der Waals surface area contributed by atoms with Crippen molar-refractivity contribution in [1.29, 1.82) is 0 Å². The molecule has 0 radical (unpaired) electrons. The van der Waals surface area contributed by atoms with Crippen LogP contribution in [0.15, 0.2) is 11.1 Å². The van der Waals surface area contributed by atoms with Crippen LogP contribution in [0.1, 0.15) is 0 Å². The number of nitrogen functional groups attached to an aromatic ring is 2. The summed E-state index contributed by atoms with van der Waals surface area (Å²) in [6, 6.07) is 0. The second-order valence-corrected chi connectivity index (χ2v) is 4.70. The molecule has 22 heavy (non-hydrogen) atoms. The van der Waals surface area contributed by atoms with Gasteiger partial charge in [-0.25, -0.2) is 14.6 Å². The maximum Gasteiger partial charge on any atom is 0.282 e. The van der Waals surface area contributed by atoms with Crippen LogP contribution >= 0.6 is 12.2 Å². The molecule has 0 saturated heterocycles. The molecule has 0 bridgehead atoms. The molecule has 4 aromatic rings. The lowest BCUT2D eigenvalue weighted by Crippen LogP contribution is -2.15. The zero-order valence-electron chi connectivity index (χ0n) is 10.7. The highest BCUT2D eigenvalue weighted by Gasteiger charge is 2.15. The number of nitrogens with two attached hydrogens (primary N) is 2. The topological polar surface area (TPSA) is 175 Å². The van der Waals surface area contributed by atoms with E-state index in [1.807, 2.05) is 0 Å². The smallest absolute Gasteiger partial charge is 0.282 e. The van der Waals surface area contributed by atoms with Gasteiger partial charge in [-0.3, -0.25) is 9.78 Å². The normalized spacial score (nSPS) is 11.5. The van der Waals surface area contributed by atoms with Gasteiger partial charge in [0.05, 0.1) is 0 Å². The van der Waals surface area contributed by atoms with E-state index in [-0.39, 0.29) is 27.7 Å². The Morgan fingerprint density at radius 1 is 1.14 bits per heavy atom. The molecule has 13 heteroatoms. The first-order chi connectivity index (χ1) is 10.5. The number of hydrogen-bond acceptors (Lipinski definition) is 9. The Kier molecular flexibility index (Phi) is 2.30. The highest BCUT2D eigenvalue weighted by Crippen LogP contribution is 2.14. The SMILES string of the molecule is Nc1nc2c(nnn2-n2cnc3c(=S)nc(N)[nH]c32)c(=O)[nH]1. The van der Waals surface area contributed by atoms with Gasteiger partial charge in [-0.15, -0.1) is 9.89 Å². The Bertz CT molecular complexity index is 1060. The van der Waals surface area contributed by atoms with Crippen molar-refractivity contribution in [3.8, 4) is 0 Å². The molecule has 110 valence electrons. The van der Waals surface area contributed by atoms with Gasteiger partial charge in [-0.05, 0) is 5.21 Å². The van der Waals surface area contributed by atoms with Crippen LogP contribution in [0.25, 0.3) is 22.3 Å². The van der Waals surface area contributed by atoms with E-state index in [9.17, 15) is 4.79 Å². The zero-order valence-corrected chi connectivity index (χ0v) is 11.5. The summed E-state index contributed by atoms with van der Waals surface area (Å²) in [5.41, 5.74) is 11.8. The van der Waals surface area contributed by atoms with Gasteiger partial charge in [0.2, 0.25) is 17.5 Å². The monoisotopic (exact) mass is 317 g/mol. The van der Waals surface area contributed by atoms with Gasteiger partial charge in [0.1, 0.15) is 11.8 Å². The van der Waals surface area contributed by atoms with Crippen LogP contribution in [0.5, 0.6) is 0 Å². The van der Waals surface area contributed by atoms with E-state index in [0.717, 1.165) is 0 Å². The first-order valence-electron chi connectivity index (χ1n) is 5.89. The van der Waals surface area contributed by atoms with Crippen LogP contribution in [0.3, 0.4) is 0 Å². The summed E-state index contributed by atoms with van der Waals surface area (Å²) in [6.45, 7) is 0. The largest absolute Gasteiger partial charge is 0.369 e. The highest BCUT2D eigenvalue weighted by atomic mass is 32.1. The lowest BCUT2D eigenvalue weighted by molar-refractivity contribution is 0.575. The van der Waals surface area contributed by atoms with E-state index in [4.69, 9.17) is 23.7 Å². The van der Waals surface area contributed by atoms with Crippen molar-refractivity contribution >= 4 is 46.4 Å². The predicted molar refractivity (Wildman–Crippen MR) is 78.3 cm³/mol. The van der Waals surface area contributed by atoms with E-state index >= 15 is 0 Å². The molecule has 4 aromatic heterocycles. The summed E-state index contributed by atoms with van der Waals surface area (Å²) in [7, 11) is 0. The molecule has 0 aliphatic rings. The lowest BCUT2D eigenvalue weighted by atomic mass is 10.5. The molecule has 0 aliphatic carbocycles. The minimum absolute atomic E-state index is 0.0386. The van der Waals surface area contributed by atoms with Crippen molar-refractivity contribution in [2.45, 2.75) is 0 Å². The van der Waals surface area contributed by atoms with E-state index in [2.05, 4.69) is 35.2 Å². The molecule has 0 aromatic carbocycles. The Morgan fingerprint density at radius 3 is 2.73 bits per heavy atom. The van der Waals surface area contributed by atoms with Gasteiger partial charge in [-0.1, -0.05) is 12.2 Å². The maximum atomic E-state index is 11.8. The molecule has 0 saturated carbocycles. The number of anilines is 2. The summed E-state index contributed by atoms with van der Waals surface area (Å²) >= 11 is 5.10. The quantitative estimate of drug-likeness (QED) is 0.314. The third kappa shape index (κ3) is 1.59. The van der Waals surface area contributed by atoms with Crippen molar-refractivity contribution in [1.82, 2.24) is 44.7 Å². The van der Waals surface area contributed by atoms with Gasteiger partial charge in [-0.2, -0.15) is 4.98 Å². The Hall–Kier alpha value is -3.35. The molecule has 0 unspecified atom stereocenters. The van der Waals surface area contributed by atoms with Crippen molar-refractivity contribution < 1.29 is 0 Å². The van der Waals surface area contributed by atoms with Gasteiger partial charge in [0.25, 0.3) is 5.56 Å². The molecule has 4 heterocycles. The van der Waals surface area contributed by atoms with E-state index in [0.29, 0.717) is 11.2 Å².